The maximum Gasteiger partial charge on any atom is 0.337 e. The fourth-order valence-electron chi connectivity index (χ4n) is 3.33. The molecule has 154 valence electrons. The van der Waals surface area contributed by atoms with Crippen molar-refractivity contribution in [2.45, 2.75) is 33.9 Å². The van der Waals surface area contributed by atoms with Crippen molar-refractivity contribution in [3.63, 3.8) is 0 Å². The van der Waals surface area contributed by atoms with E-state index in [0.717, 1.165) is 15.4 Å². The van der Waals surface area contributed by atoms with Crippen LogP contribution in [0.15, 0.2) is 66.7 Å². The molecular weight excluding hydrogens is 396 g/mol. The molecule has 30 heavy (non-hydrogen) atoms. The number of benzene rings is 2. The predicted octanol–water partition coefficient (Wildman–Crippen LogP) is 5.73. The summed E-state index contributed by atoms with van der Waals surface area (Å²) in [5.41, 5.74) is 1.13. The SMILES string of the molecule is Cc1ccc(C2N(OC(=O)C(C)(C)C)c3ccccc3C(=O)N2c2ccccc2)s1. The van der Waals surface area contributed by atoms with Gasteiger partial charge in [0.2, 0.25) is 0 Å². The van der Waals surface area contributed by atoms with Gasteiger partial charge in [-0.3, -0.25) is 9.69 Å². The zero-order valence-corrected chi connectivity index (χ0v) is 18.3. The van der Waals surface area contributed by atoms with Gasteiger partial charge >= 0.3 is 5.97 Å². The third-order valence-corrected chi connectivity index (χ3v) is 5.94. The first kappa shape index (κ1) is 20.2. The third-order valence-electron chi connectivity index (χ3n) is 4.90. The van der Waals surface area contributed by atoms with Gasteiger partial charge in [-0.2, -0.15) is 5.06 Å². The van der Waals surface area contributed by atoms with Crippen LogP contribution in [0.2, 0.25) is 0 Å². The Morgan fingerprint density at radius 3 is 2.27 bits per heavy atom. The van der Waals surface area contributed by atoms with Gasteiger partial charge in [0.05, 0.1) is 21.5 Å². The number of rotatable bonds is 3. The molecule has 1 aliphatic rings. The van der Waals surface area contributed by atoms with Gasteiger partial charge in [-0.05, 0) is 64.1 Å². The van der Waals surface area contributed by atoms with Crippen molar-refractivity contribution < 1.29 is 14.4 Å². The number of aryl methyl sites for hydroxylation is 1. The van der Waals surface area contributed by atoms with Crippen LogP contribution in [0.5, 0.6) is 0 Å². The maximum atomic E-state index is 13.6. The second kappa shape index (κ2) is 7.61. The lowest BCUT2D eigenvalue weighted by Crippen LogP contribution is -2.51. The fraction of sp³-hybridized carbons (Fsp3) is 0.250. The summed E-state index contributed by atoms with van der Waals surface area (Å²) >= 11 is 1.58. The average Bonchev–Trinajstić information content (AvgIpc) is 3.15. The fourth-order valence-corrected chi connectivity index (χ4v) is 4.28. The van der Waals surface area contributed by atoms with E-state index in [1.165, 1.54) is 0 Å². The van der Waals surface area contributed by atoms with Gasteiger partial charge in [0.25, 0.3) is 5.91 Å². The summed E-state index contributed by atoms with van der Waals surface area (Å²) in [6.07, 6.45) is -0.597. The molecule has 1 atom stereocenters. The number of nitrogens with zero attached hydrogens (tertiary/aromatic N) is 2. The molecule has 0 spiro atoms. The smallest absolute Gasteiger partial charge is 0.337 e. The van der Waals surface area contributed by atoms with Crippen molar-refractivity contribution >= 4 is 34.6 Å². The molecular formula is C24H24N2O3S. The number of hydrogen-bond acceptors (Lipinski definition) is 5. The van der Waals surface area contributed by atoms with Crippen LogP contribution in [0.3, 0.4) is 0 Å². The van der Waals surface area contributed by atoms with E-state index in [-0.39, 0.29) is 11.9 Å². The highest BCUT2D eigenvalue weighted by Crippen LogP contribution is 2.43. The number of carbonyl (C=O) groups excluding carboxylic acids is 2. The molecule has 5 nitrogen and oxygen atoms in total. The van der Waals surface area contributed by atoms with Crippen molar-refractivity contribution in [2.24, 2.45) is 5.41 Å². The van der Waals surface area contributed by atoms with Crippen molar-refractivity contribution in [3.8, 4) is 0 Å². The lowest BCUT2D eigenvalue weighted by atomic mass is 9.97. The largest absolute Gasteiger partial charge is 0.338 e. The van der Waals surface area contributed by atoms with Gasteiger partial charge in [-0.15, -0.1) is 11.3 Å². The second-order valence-corrected chi connectivity index (χ2v) is 9.62. The van der Waals surface area contributed by atoms with E-state index in [4.69, 9.17) is 4.84 Å². The summed E-state index contributed by atoms with van der Waals surface area (Å²) < 4.78 is 0. The Labute approximate surface area is 180 Å². The molecule has 1 unspecified atom stereocenters. The Balaban J connectivity index is 1.92. The number of para-hydroxylation sites is 2. The molecule has 2 aromatic carbocycles. The van der Waals surface area contributed by atoms with Crippen LogP contribution in [-0.4, -0.2) is 11.9 Å². The molecule has 0 saturated heterocycles. The van der Waals surface area contributed by atoms with Crippen LogP contribution < -0.4 is 9.96 Å². The summed E-state index contributed by atoms with van der Waals surface area (Å²) in [6, 6.07) is 20.7. The Kier molecular flexibility index (Phi) is 5.12. The normalized spacial score (nSPS) is 16.4. The van der Waals surface area contributed by atoms with Crippen molar-refractivity contribution in [1.82, 2.24) is 0 Å². The van der Waals surface area contributed by atoms with Gasteiger partial charge in [-0.1, -0.05) is 30.3 Å². The molecule has 1 aromatic heterocycles. The van der Waals surface area contributed by atoms with E-state index in [1.807, 2.05) is 88.4 Å². The number of hydroxylamine groups is 1. The number of carbonyl (C=O) groups is 2. The van der Waals surface area contributed by atoms with Gasteiger partial charge in [-0.25, -0.2) is 4.79 Å². The summed E-state index contributed by atoms with van der Waals surface area (Å²) in [7, 11) is 0. The number of thiophene rings is 1. The summed E-state index contributed by atoms with van der Waals surface area (Å²) in [6.45, 7) is 7.46. The molecule has 6 heteroatoms. The molecule has 0 saturated carbocycles. The number of fused-ring (bicyclic) bond motifs is 1. The van der Waals surface area contributed by atoms with Gasteiger partial charge in [0, 0.05) is 10.6 Å². The summed E-state index contributed by atoms with van der Waals surface area (Å²) in [4.78, 5) is 36.2. The number of anilines is 2. The molecule has 1 aliphatic heterocycles. The van der Waals surface area contributed by atoms with E-state index in [1.54, 1.807) is 27.4 Å². The first-order valence-corrected chi connectivity index (χ1v) is 10.6. The zero-order chi connectivity index (χ0) is 21.5. The minimum atomic E-state index is -0.691. The minimum Gasteiger partial charge on any atom is -0.338 e. The van der Waals surface area contributed by atoms with E-state index in [0.29, 0.717) is 11.3 Å². The molecule has 0 N–H and O–H groups in total. The van der Waals surface area contributed by atoms with Crippen LogP contribution in [0.25, 0.3) is 0 Å². The standard InChI is InChI=1S/C24H24N2O3S/c1-16-14-15-20(30-16)21-25(17-10-6-5-7-11-17)22(27)18-12-8-9-13-19(18)26(21)29-23(28)24(2,3)4/h5-15,21H,1-4H3. The zero-order valence-electron chi connectivity index (χ0n) is 17.5. The third kappa shape index (κ3) is 3.59. The van der Waals surface area contributed by atoms with Crippen molar-refractivity contribution in [1.29, 1.82) is 0 Å². The Bertz CT molecular complexity index is 1090. The Hall–Kier alpha value is -3.12. The van der Waals surface area contributed by atoms with E-state index >= 15 is 0 Å². The van der Waals surface area contributed by atoms with Crippen LogP contribution in [0, 0.1) is 12.3 Å². The first-order chi connectivity index (χ1) is 14.3. The lowest BCUT2D eigenvalue weighted by Gasteiger charge is -2.43. The summed E-state index contributed by atoms with van der Waals surface area (Å²) in [5, 5.41) is 1.59. The average molecular weight is 421 g/mol. The highest BCUT2D eigenvalue weighted by Gasteiger charge is 2.43. The number of amides is 1. The topological polar surface area (TPSA) is 49.9 Å². The van der Waals surface area contributed by atoms with Crippen LogP contribution in [0.4, 0.5) is 11.4 Å². The van der Waals surface area contributed by atoms with E-state index < -0.39 is 11.6 Å². The van der Waals surface area contributed by atoms with Crippen LogP contribution >= 0.6 is 11.3 Å². The van der Waals surface area contributed by atoms with Crippen molar-refractivity contribution in [2.75, 3.05) is 9.96 Å². The minimum absolute atomic E-state index is 0.129. The molecule has 4 rings (SSSR count). The Morgan fingerprint density at radius 1 is 0.967 bits per heavy atom. The summed E-state index contributed by atoms with van der Waals surface area (Å²) in [5.74, 6) is -0.492. The highest BCUT2D eigenvalue weighted by atomic mass is 32.1. The molecule has 1 amide bonds. The van der Waals surface area contributed by atoms with Crippen molar-refractivity contribution in [3.05, 3.63) is 82.0 Å². The van der Waals surface area contributed by atoms with Gasteiger partial charge < -0.3 is 4.84 Å². The highest BCUT2D eigenvalue weighted by molar-refractivity contribution is 7.12. The lowest BCUT2D eigenvalue weighted by molar-refractivity contribution is -0.155. The van der Waals surface area contributed by atoms with Crippen LogP contribution in [0.1, 0.15) is 47.0 Å². The van der Waals surface area contributed by atoms with E-state index in [9.17, 15) is 9.59 Å². The molecule has 0 fully saturated rings. The van der Waals surface area contributed by atoms with Crippen LogP contribution in [-0.2, 0) is 9.63 Å². The predicted molar refractivity (Wildman–Crippen MR) is 120 cm³/mol. The van der Waals surface area contributed by atoms with Gasteiger partial charge in [0.15, 0.2) is 6.17 Å². The monoisotopic (exact) mass is 420 g/mol. The first-order valence-electron chi connectivity index (χ1n) is 9.83. The molecule has 3 aromatic rings. The molecule has 0 aliphatic carbocycles. The molecule has 2 heterocycles. The van der Waals surface area contributed by atoms with E-state index in [2.05, 4.69) is 0 Å². The quantitative estimate of drug-likeness (QED) is 0.543. The Morgan fingerprint density at radius 2 is 1.63 bits per heavy atom. The van der Waals surface area contributed by atoms with Gasteiger partial charge in [0.1, 0.15) is 0 Å². The molecule has 0 radical (unpaired) electrons. The molecule has 0 bridgehead atoms. The second-order valence-electron chi connectivity index (χ2n) is 8.30. The number of hydrogen-bond donors (Lipinski definition) is 0. The maximum absolute atomic E-state index is 13.6.